The lowest BCUT2D eigenvalue weighted by atomic mass is 10.6. The van der Waals surface area contributed by atoms with Gasteiger partial charge in [-0.25, -0.2) is 0 Å². The predicted molar refractivity (Wildman–Crippen MR) is 38.9 cm³/mol. The number of rotatable bonds is 1. The van der Waals surface area contributed by atoms with Gasteiger partial charge in [0.15, 0.2) is 7.83 Å². The molecule has 0 spiro atoms. The molecule has 0 fully saturated rings. The molecule has 0 aliphatic heterocycles. The quantitative estimate of drug-likeness (QED) is 0.494. The normalized spacial score (nSPS) is 20.1. The standard InChI is InChI=1S/C4H14OSi2/c1-4(2)7(3,5)6/h4-5H,1-3,6H3. The van der Waals surface area contributed by atoms with Crippen LogP contribution >= 0.6 is 0 Å². The van der Waals surface area contributed by atoms with Crippen LogP contribution < -0.4 is 0 Å². The maximum absolute atomic E-state index is 9.30. The summed E-state index contributed by atoms with van der Waals surface area (Å²) >= 11 is 0. The smallest absolute Gasteiger partial charge is 0.164 e. The highest BCUT2D eigenvalue weighted by atomic mass is 29.2. The SMILES string of the molecule is CC(C)[Si](C)(O)[SiH3]. The van der Waals surface area contributed by atoms with Gasteiger partial charge in [-0.2, -0.15) is 0 Å². The summed E-state index contributed by atoms with van der Waals surface area (Å²) in [5.41, 5.74) is 0.555. The monoisotopic (exact) mass is 134 g/mol. The molecule has 0 amide bonds. The topological polar surface area (TPSA) is 20.2 Å². The first-order chi connectivity index (χ1) is 2.94. The van der Waals surface area contributed by atoms with Gasteiger partial charge in [-0.3, -0.25) is 0 Å². The molecule has 1 N–H and O–H groups in total. The fourth-order valence-corrected chi connectivity index (χ4v) is 0. The molecule has 7 heavy (non-hydrogen) atoms. The van der Waals surface area contributed by atoms with Gasteiger partial charge in [0.1, 0.15) is 0 Å². The Morgan fingerprint density at radius 1 is 1.57 bits per heavy atom. The van der Waals surface area contributed by atoms with Crippen molar-refractivity contribution in [1.82, 2.24) is 0 Å². The molecule has 0 saturated carbocycles. The van der Waals surface area contributed by atoms with Crippen LogP contribution in [0.1, 0.15) is 13.8 Å². The lowest BCUT2D eigenvalue weighted by molar-refractivity contribution is 0.550. The van der Waals surface area contributed by atoms with E-state index >= 15 is 0 Å². The molecular formula is C4H14OSi2. The van der Waals surface area contributed by atoms with Crippen molar-refractivity contribution in [1.29, 1.82) is 0 Å². The second-order valence-corrected chi connectivity index (χ2v) is 13.3. The largest absolute Gasteiger partial charge is 0.435 e. The summed E-state index contributed by atoms with van der Waals surface area (Å²) in [6, 6.07) is 0. The molecule has 0 aromatic carbocycles. The van der Waals surface area contributed by atoms with Gasteiger partial charge in [0, 0.05) is 9.76 Å². The Hall–Kier alpha value is 0.394. The van der Waals surface area contributed by atoms with Crippen molar-refractivity contribution in [3.05, 3.63) is 0 Å². The number of hydrogen-bond donors (Lipinski definition) is 1. The van der Waals surface area contributed by atoms with E-state index in [2.05, 4.69) is 13.8 Å². The van der Waals surface area contributed by atoms with Gasteiger partial charge in [-0.15, -0.1) is 0 Å². The van der Waals surface area contributed by atoms with Gasteiger partial charge >= 0.3 is 0 Å². The molecule has 0 aromatic heterocycles. The van der Waals surface area contributed by atoms with E-state index in [1.807, 2.05) is 6.55 Å². The Bertz CT molecular complexity index is 55.2. The van der Waals surface area contributed by atoms with Crippen molar-refractivity contribution in [2.75, 3.05) is 0 Å². The molecule has 0 aromatic rings. The first kappa shape index (κ1) is 7.39. The molecule has 1 nitrogen and oxygen atoms in total. The van der Waals surface area contributed by atoms with E-state index in [0.29, 0.717) is 5.54 Å². The second kappa shape index (κ2) is 2.11. The molecule has 44 valence electrons. The summed E-state index contributed by atoms with van der Waals surface area (Å²) in [6.07, 6.45) is 0. The van der Waals surface area contributed by atoms with Crippen LogP contribution in [-0.4, -0.2) is 22.4 Å². The van der Waals surface area contributed by atoms with E-state index < -0.39 is 7.83 Å². The molecule has 3 heteroatoms. The van der Waals surface area contributed by atoms with Gasteiger partial charge < -0.3 is 4.80 Å². The van der Waals surface area contributed by atoms with E-state index in [9.17, 15) is 4.80 Å². The van der Waals surface area contributed by atoms with Crippen molar-refractivity contribution >= 4 is 17.6 Å². The summed E-state index contributed by atoms with van der Waals surface area (Å²) in [6.45, 7) is 6.21. The first-order valence-electron chi connectivity index (χ1n) is 2.67. The van der Waals surface area contributed by atoms with E-state index in [0.717, 1.165) is 9.76 Å². The lowest BCUT2D eigenvalue weighted by Crippen LogP contribution is -2.34. The Kier molecular flexibility index (Phi) is 2.23. The summed E-state index contributed by atoms with van der Waals surface area (Å²) in [5, 5.41) is 0. The van der Waals surface area contributed by atoms with E-state index in [1.54, 1.807) is 0 Å². The van der Waals surface area contributed by atoms with Gasteiger partial charge in [0.05, 0.1) is 0 Å². The van der Waals surface area contributed by atoms with Crippen LogP contribution in [0, 0.1) is 0 Å². The summed E-state index contributed by atoms with van der Waals surface area (Å²) < 4.78 is 0. The van der Waals surface area contributed by atoms with Crippen LogP contribution in [0.3, 0.4) is 0 Å². The Morgan fingerprint density at radius 2 is 1.71 bits per heavy atom. The van der Waals surface area contributed by atoms with Crippen molar-refractivity contribution in [2.45, 2.75) is 25.9 Å². The maximum atomic E-state index is 9.30. The van der Waals surface area contributed by atoms with E-state index in [-0.39, 0.29) is 0 Å². The summed E-state index contributed by atoms with van der Waals surface area (Å²) in [4.78, 5) is 9.30. The predicted octanol–water partition coefficient (Wildman–Crippen LogP) is -0.174. The second-order valence-electron chi connectivity index (χ2n) is 2.81. The van der Waals surface area contributed by atoms with E-state index in [1.165, 1.54) is 0 Å². The van der Waals surface area contributed by atoms with Gasteiger partial charge in [-0.05, 0) is 12.1 Å². The van der Waals surface area contributed by atoms with Crippen molar-refractivity contribution in [3.8, 4) is 0 Å². The Morgan fingerprint density at radius 3 is 1.71 bits per heavy atom. The Labute approximate surface area is 49.1 Å². The van der Waals surface area contributed by atoms with Crippen molar-refractivity contribution in [3.63, 3.8) is 0 Å². The van der Waals surface area contributed by atoms with Crippen molar-refractivity contribution in [2.24, 2.45) is 0 Å². The minimum Gasteiger partial charge on any atom is -0.435 e. The lowest BCUT2D eigenvalue weighted by Gasteiger charge is -2.17. The van der Waals surface area contributed by atoms with Crippen LogP contribution in [0.4, 0.5) is 0 Å². The highest BCUT2D eigenvalue weighted by Gasteiger charge is 2.20. The third kappa shape index (κ3) is 3.02. The fraction of sp³-hybridized carbons (Fsp3) is 1.00. The molecule has 0 heterocycles. The third-order valence-electron chi connectivity index (χ3n) is 1.41. The Balaban J connectivity index is 3.54. The highest BCUT2D eigenvalue weighted by Crippen LogP contribution is 2.11. The van der Waals surface area contributed by atoms with Crippen LogP contribution in [0.5, 0.6) is 0 Å². The third-order valence-corrected chi connectivity index (χ3v) is 7.70. The van der Waals surface area contributed by atoms with Gasteiger partial charge in [0.25, 0.3) is 0 Å². The fourth-order valence-electron chi connectivity index (χ4n) is 0. The zero-order valence-corrected chi connectivity index (χ0v) is 8.52. The first-order valence-corrected chi connectivity index (χ1v) is 8.69. The van der Waals surface area contributed by atoms with E-state index in [4.69, 9.17) is 0 Å². The molecule has 0 radical (unpaired) electrons. The minimum atomic E-state index is -1.60. The van der Waals surface area contributed by atoms with Crippen LogP contribution in [0.15, 0.2) is 0 Å². The molecule has 1 atom stereocenters. The van der Waals surface area contributed by atoms with Gasteiger partial charge in [-0.1, -0.05) is 13.8 Å². The number of hydrogen-bond acceptors (Lipinski definition) is 1. The van der Waals surface area contributed by atoms with Crippen LogP contribution in [0.25, 0.3) is 0 Å². The zero-order valence-electron chi connectivity index (χ0n) is 5.52. The molecule has 0 aliphatic rings. The summed E-state index contributed by atoms with van der Waals surface area (Å²) in [5.74, 6) is 0. The van der Waals surface area contributed by atoms with Gasteiger partial charge in [0.2, 0.25) is 0 Å². The molecule has 0 aliphatic carbocycles. The molecule has 1 unspecified atom stereocenters. The van der Waals surface area contributed by atoms with Crippen molar-refractivity contribution < 1.29 is 4.80 Å². The molecule has 0 saturated heterocycles. The average Bonchev–Trinajstić information content (AvgIpc) is 1.31. The minimum absolute atomic E-state index is 0.555. The van der Waals surface area contributed by atoms with Crippen LogP contribution in [-0.2, 0) is 0 Å². The average molecular weight is 134 g/mol. The highest BCUT2D eigenvalue weighted by molar-refractivity contribution is 7.12. The summed E-state index contributed by atoms with van der Waals surface area (Å²) in [7, 11) is -0.589. The maximum Gasteiger partial charge on any atom is 0.164 e. The molecule has 0 bridgehead atoms. The molecule has 0 rings (SSSR count). The zero-order chi connectivity index (χ0) is 6.08. The molecular weight excluding hydrogens is 120 g/mol. The van der Waals surface area contributed by atoms with Crippen LogP contribution in [0.2, 0.25) is 12.1 Å².